The van der Waals surface area contributed by atoms with E-state index in [1.807, 2.05) is 13.8 Å². The molecule has 0 unspecified atom stereocenters. The predicted octanol–water partition coefficient (Wildman–Crippen LogP) is 2.26. The number of aryl methyl sites for hydroxylation is 1. The van der Waals surface area contributed by atoms with Crippen molar-refractivity contribution in [2.75, 3.05) is 4.90 Å². The number of benzene rings is 1. The van der Waals surface area contributed by atoms with E-state index in [0.717, 1.165) is 5.56 Å². The minimum atomic E-state index is -0.713. The van der Waals surface area contributed by atoms with E-state index in [2.05, 4.69) is 15.0 Å². The lowest BCUT2D eigenvalue weighted by atomic mass is 9.86. The molecule has 1 aromatic heterocycles. The molecule has 1 aliphatic heterocycles. The Labute approximate surface area is 145 Å². The van der Waals surface area contributed by atoms with E-state index >= 15 is 0 Å². The van der Waals surface area contributed by atoms with Crippen molar-refractivity contribution in [1.29, 1.82) is 0 Å². The minimum Gasteiger partial charge on any atom is -0.387 e. The van der Waals surface area contributed by atoms with Crippen molar-refractivity contribution in [3.63, 3.8) is 0 Å². The Morgan fingerprint density at radius 3 is 2.48 bits per heavy atom. The Morgan fingerprint density at radius 2 is 1.88 bits per heavy atom. The van der Waals surface area contributed by atoms with Gasteiger partial charge >= 0.3 is 0 Å². The molecule has 0 saturated heterocycles. The molecule has 7 nitrogen and oxygen atoms in total. The molecule has 0 saturated carbocycles. The molecule has 3 rings (SSSR count). The minimum absolute atomic E-state index is 0.0990. The molecular formula is C18H19N5O2. The Balaban J connectivity index is 2.15. The van der Waals surface area contributed by atoms with Crippen LogP contribution in [0.25, 0.3) is 0 Å². The van der Waals surface area contributed by atoms with Crippen LogP contribution in [0, 0.1) is 6.92 Å². The zero-order valence-electron chi connectivity index (χ0n) is 14.6. The third kappa shape index (κ3) is 2.77. The monoisotopic (exact) mass is 337 g/mol. The average molecular weight is 337 g/mol. The third-order valence-corrected chi connectivity index (χ3v) is 4.20. The number of amides is 2. The van der Waals surface area contributed by atoms with Crippen molar-refractivity contribution in [3.8, 4) is 0 Å². The van der Waals surface area contributed by atoms with Gasteiger partial charge in [0.2, 0.25) is 5.91 Å². The first-order chi connectivity index (χ1) is 11.7. The van der Waals surface area contributed by atoms with E-state index in [-0.39, 0.29) is 11.7 Å². The van der Waals surface area contributed by atoms with E-state index in [1.165, 1.54) is 0 Å². The van der Waals surface area contributed by atoms with Gasteiger partial charge in [-0.05, 0) is 45.4 Å². The topological polar surface area (TPSA) is 102 Å². The molecule has 7 heteroatoms. The third-order valence-electron chi connectivity index (χ3n) is 4.20. The fourth-order valence-corrected chi connectivity index (χ4v) is 2.86. The molecule has 1 aliphatic rings. The molecule has 2 aromatic rings. The Hall–Kier alpha value is -3.09. The van der Waals surface area contributed by atoms with Crippen LogP contribution in [-0.2, 0) is 10.2 Å². The molecule has 2 N–H and O–H groups in total. The number of aliphatic imine (C=N–C) groups is 1. The zero-order chi connectivity index (χ0) is 18.4. The molecule has 0 spiro atoms. The summed E-state index contributed by atoms with van der Waals surface area (Å²) in [5, 5.41) is 0. The lowest BCUT2D eigenvalue weighted by Gasteiger charge is -2.19. The van der Waals surface area contributed by atoms with Gasteiger partial charge in [0.1, 0.15) is 11.7 Å². The van der Waals surface area contributed by atoms with E-state index in [4.69, 9.17) is 5.73 Å². The van der Waals surface area contributed by atoms with Crippen LogP contribution in [0.15, 0.2) is 35.6 Å². The van der Waals surface area contributed by atoms with Crippen molar-refractivity contribution in [1.82, 2.24) is 9.97 Å². The number of aromatic nitrogens is 2. The molecule has 0 atom stereocenters. The van der Waals surface area contributed by atoms with Gasteiger partial charge in [0, 0.05) is 5.56 Å². The summed E-state index contributed by atoms with van der Waals surface area (Å²) in [6, 6.07) is 5.12. The van der Waals surface area contributed by atoms with Crippen LogP contribution in [-0.4, -0.2) is 27.6 Å². The number of carbonyl (C=O) groups excluding carboxylic acids is 2. The molecule has 25 heavy (non-hydrogen) atoms. The van der Waals surface area contributed by atoms with Crippen molar-refractivity contribution < 1.29 is 9.59 Å². The molecule has 2 amide bonds. The van der Waals surface area contributed by atoms with Crippen LogP contribution in [0.1, 0.15) is 42.5 Å². The zero-order valence-corrected chi connectivity index (χ0v) is 14.6. The first kappa shape index (κ1) is 16.8. The molecule has 0 radical (unpaired) electrons. The van der Waals surface area contributed by atoms with Crippen LogP contribution in [0.2, 0.25) is 0 Å². The van der Waals surface area contributed by atoms with Gasteiger partial charge in [0.15, 0.2) is 0 Å². The van der Waals surface area contributed by atoms with Gasteiger partial charge in [-0.2, -0.15) is 4.99 Å². The molecule has 2 heterocycles. The SMILES string of the molecule is CC(N)=NC(=O)c1ccc2c(c1)N(c1cnc(C)nc1)C(=O)C2(C)C. The standard InChI is InChI=1S/C18H19N5O2/c1-10(19)22-16(24)12-5-6-14-15(7-12)23(17(25)18(14,3)4)13-8-20-11(2)21-9-13/h5-9H,1-4H3,(H2,19,22,24). The fraction of sp³-hybridized carbons (Fsp3) is 0.278. The second kappa shape index (κ2) is 5.77. The summed E-state index contributed by atoms with van der Waals surface area (Å²) in [5.41, 5.74) is 7.18. The predicted molar refractivity (Wildman–Crippen MR) is 95.0 cm³/mol. The van der Waals surface area contributed by atoms with Gasteiger partial charge in [-0.1, -0.05) is 6.07 Å². The Morgan fingerprint density at radius 1 is 1.24 bits per heavy atom. The van der Waals surface area contributed by atoms with E-state index in [1.54, 1.807) is 49.3 Å². The summed E-state index contributed by atoms with van der Waals surface area (Å²) < 4.78 is 0. The molecule has 0 fully saturated rings. The number of fused-ring (bicyclic) bond motifs is 1. The summed E-state index contributed by atoms with van der Waals surface area (Å²) in [7, 11) is 0. The van der Waals surface area contributed by atoms with Crippen LogP contribution in [0.5, 0.6) is 0 Å². The van der Waals surface area contributed by atoms with Crippen LogP contribution >= 0.6 is 0 Å². The lowest BCUT2D eigenvalue weighted by Crippen LogP contribution is -2.33. The van der Waals surface area contributed by atoms with Gasteiger partial charge in [-0.3, -0.25) is 14.5 Å². The average Bonchev–Trinajstić information content (AvgIpc) is 2.74. The quantitative estimate of drug-likeness (QED) is 0.669. The summed E-state index contributed by atoms with van der Waals surface area (Å²) in [5.74, 6) is 0.260. The van der Waals surface area contributed by atoms with Gasteiger partial charge in [-0.25, -0.2) is 9.97 Å². The molecular weight excluding hydrogens is 318 g/mol. The summed E-state index contributed by atoms with van der Waals surface area (Å²) in [6.07, 6.45) is 3.20. The maximum absolute atomic E-state index is 13.0. The molecule has 128 valence electrons. The van der Waals surface area contributed by atoms with E-state index in [9.17, 15) is 9.59 Å². The molecule has 0 bridgehead atoms. The molecule has 1 aromatic carbocycles. The highest BCUT2D eigenvalue weighted by Gasteiger charge is 2.45. The number of carbonyl (C=O) groups is 2. The fourth-order valence-electron chi connectivity index (χ4n) is 2.86. The number of anilines is 2. The maximum Gasteiger partial charge on any atom is 0.278 e. The summed E-state index contributed by atoms with van der Waals surface area (Å²) >= 11 is 0. The first-order valence-electron chi connectivity index (χ1n) is 7.84. The van der Waals surface area contributed by atoms with Gasteiger partial charge < -0.3 is 5.73 Å². The first-order valence-corrected chi connectivity index (χ1v) is 7.84. The largest absolute Gasteiger partial charge is 0.387 e. The number of amidine groups is 1. The second-order valence-electron chi connectivity index (χ2n) is 6.54. The number of nitrogens with zero attached hydrogens (tertiary/aromatic N) is 4. The Bertz CT molecular complexity index is 896. The highest BCUT2D eigenvalue weighted by atomic mass is 16.2. The highest BCUT2D eigenvalue weighted by molar-refractivity contribution is 6.13. The van der Waals surface area contributed by atoms with Gasteiger partial charge in [-0.15, -0.1) is 0 Å². The van der Waals surface area contributed by atoms with Crippen molar-refractivity contribution in [2.24, 2.45) is 10.7 Å². The smallest absolute Gasteiger partial charge is 0.278 e. The number of nitrogens with two attached hydrogens (primary N) is 1. The highest BCUT2D eigenvalue weighted by Crippen LogP contribution is 2.45. The Kier molecular flexibility index (Phi) is 3.87. The number of rotatable bonds is 2. The van der Waals surface area contributed by atoms with Gasteiger partial charge in [0.05, 0.1) is 29.2 Å². The van der Waals surface area contributed by atoms with E-state index in [0.29, 0.717) is 22.8 Å². The summed E-state index contributed by atoms with van der Waals surface area (Å²) in [4.78, 5) is 38.8. The number of hydrogen-bond donors (Lipinski definition) is 1. The van der Waals surface area contributed by atoms with Crippen LogP contribution < -0.4 is 10.6 Å². The van der Waals surface area contributed by atoms with Crippen molar-refractivity contribution >= 4 is 29.0 Å². The lowest BCUT2D eigenvalue weighted by molar-refractivity contribution is -0.121. The van der Waals surface area contributed by atoms with Crippen molar-refractivity contribution in [3.05, 3.63) is 47.5 Å². The van der Waals surface area contributed by atoms with Crippen LogP contribution in [0.4, 0.5) is 11.4 Å². The van der Waals surface area contributed by atoms with Crippen molar-refractivity contribution in [2.45, 2.75) is 33.1 Å². The maximum atomic E-state index is 13.0. The van der Waals surface area contributed by atoms with Gasteiger partial charge in [0.25, 0.3) is 5.91 Å². The molecule has 0 aliphatic carbocycles. The van der Waals surface area contributed by atoms with E-state index < -0.39 is 11.3 Å². The summed E-state index contributed by atoms with van der Waals surface area (Å²) in [6.45, 7) is 7.03. The van der Waals surface area contributed by atoms with Crippen LogP contribution in [0.3, 0.4) is 0 Å². The number of hydrogen-bond acceptors (Lipinski definition) is 4. The second-order valence-corrected chi connectivity index (χ2v) is 6.54. The normalized spacial score (nSPS) is 16.1.